The fourth-order valence-corrected chi connectivity index (χ4v) is 3.72. The molecule has 130 valence electrons. The predicted molar refractivity (Wildman–Crippen MR) is 88.0 cm³/mol. The molecule has 6 heteroatoms. The highest BCUT2D eigenvalue weighted by atomic mass is 19.1. The van der Waals surface area contributed by atoms with Gasteiger partial charge in [-0.25, -0.2) is 4.39 Å². The van der Waals surface area contributed by atoms with Crippen molar-refractivity contribution in [1.82, 2.24) is 4.90 Å². The lowest BCUT2D eigenvalue weighted by Crippen LogP contribution is -2.45. The number of halogens is 1. The molecule has 1 unspecified atom stereocenters. The standard InChI is InChI=1S/C18H23FN2O3/c1-20(16(22)12-18(24)9-4-5-10-18)15-8-11-21(17(15)23)14-7-3-2-6-13(14)19/h2-3,6-7,15,24H,4-5,8-12H2,1H3. The Hall–Kier alpha value is -1.95. The maximum Gasteiger partial charge on any atom is 0.249 e. The van der Waals surface area contributed by atoms with Gasteiger partial charge in [-0.15, -0.1) is 0 Å². The predicted octanol–water partition coefficient (Wildman–Crippen LogP) is 2.08. The Morgan fingerprint density at radius 2 is 2.04 bits per heavy atom. The zero-order valence-electron chi connectivity index (χ0n) is 13.9. The number of anilines is 1. The highest BCUT2D eigenvalue weighted by molar-refractivity contribution is 6.01. The molecule has 2 aliphatic rings. The fourth-order valence-electron chi connectivity index (χ4n) is 3.72. The van der Waals surface area contributed by atoms with E-state index in [-0.39, 0.29) is 23.9 Å². The van der Waals surface area contributed by atoms with E-state index in [1.54, 1.807) is 25.2 Å². The molecule has 1 saturated carbocycles. The van der Waals surface area contributed by atoms with Crippen LogP contribution in [0.3, 0.4) is 0 Å². The Morgan fingerprint density at radius 3 is 2.71 bits per heavy atom. The second kappa shape index (κ2) is 6.51. The number of carbonyl (C=O) groups excluding carboxylic acids is 2. The van der Waals surface area contributed by atoms with Crippen LogP contribution in [0.15, 0.2) is 24.3 Å². The summed E-state index contributed by atoms with van der Waals surface area (Å²) in [6.45, 7) is 0.381. The first-order chi connectivity index (χ1) is 11.4. The van der Waals surface area contributed by atoms with E-state index in [9.17, 15) is 19.1 Å². The summed E-state index contributed by atoms with van der Waals surface area (Å²) in [4.78, 5) is 27.9. The highest BCUT2D eigenvalue weighted by Gasteiger charge is 2.40. The van der Waals surface area contributed by atoms with Gasteiger partial charge in [0, 0.05) is 13.6 Å². The number of hydrogen-bond donors (Lipinski definition) is 1. The van der Waals surface area contributed by atoms with Gasteiger partial charge < -0.3 is 14.9 Å². The molecule has 0 bridgehead atoms. The second-order valence-corrected chi connectivity index (χ2v) is 6.86. The molecular weight excluding hydrogens is 311 g/mol. The van der Waals surface area contributed by atoms with E-state index in [0.717, 1.165) is 12.8 Å². The Balaban J connectivity index is 1.68. The molecule has 2 amide bonds. The molecule has 1 aliphatic carbocycles. The van der Waals surface area contributed by atoms with E-state index in [1.807, 2.05) is 0 Å². The number of aliphatic hydroxyl groups is 1. The Bertz CT molecular complexity index is 643. The van der Waals surface area contributed by atoms with Crippen molar-refractivity contribution in [1.29, 1.82) is 0 Å². The number of hydrogen-bond acceptors (Lipinski definition) is 3. The zero-order chi connectivity index (χ0) is 17.3. The van der Waals surface area contributed by atoms with E-state index in [0.29, 0.717) is 25.8 Å². The van der Waals surface area contributed by atoms with Crippen LogP contribution in [0.5, 0.6) is 0 Å². The maximum absolute atomic E-state index is 13.9. The van der Waals surface area contributed by atoms with Gasteiger partial charge in [0.05, 0.1) is 17.7 Å². The number of rotatable bonds is 4. The summed E-state index contributed by atoms with van der Waals surface area (Å²) in [6, 6.07) is 5.55. The van der Waals surface area contributed by atoms with Gasteiger partial charge in [-0.05, 0) is 31.4 Å². The van der Waals surface area contributed by atoms with Gasteiger partial charge in [-0.3, -0.25) is 9.59 Å². The van der Waals surface area contributed by atoms with Crippen LogP contribution >= 0.6 is 0 Å². The topological polar surface area (TPSA) is 60.9 Å². The van der Waals surface area contributed by atoms with Gasteiger partial charge >= 0.3 is 0 Å². The van der Waals surface area contributed by atoms with Crippen LogP contribution in [-0.4, -0.2) is 47.1 Å². The number of likely N-dealkylation sites (N-methyl/N-ethyl adjacent to an activating group) is 1. The van der Waals surface area contributed by atoms with E-state index in [1.165, 1.54) is 15.9 Å². The molecule has 5 nitrogen and oxygen atoms in total. The molecule has 24 heavy (non-hydrogen) atoms. The van der Waals surface area contributed by atoms with E-state index < -0.39 is 17.5 Å². The first-order valence-electron chi connectivity index (χ1n) is 8.45. The van der Waals surface area contributed by atoms with Crippen LogP contribution in [0, 0.1) is 5.82 Å². The van der Waals surface area contributed by atoms with Gasteiger partial charge in [-0.2, -0.15) is 0 Å². The highest BCUT2D eigenvalue weighted by Crippen LogP contribution is 2.33. The molecule has 1 aromatic rings. The van der Waals surface area contributed by atoms with Crippen LogP contribution in [0.4, 0.5) is 10.1 Å². The number of para-hydroxylation sites is 1. The van der Waals surface area contributed by atoms with Crippen molar-refractivity contribution in [3.63, 3.8) is 0 Å². The molecule has 1 heterocycles. The first kappa shape index (κ1) is 16.9. The lowest BCUT2D eigenvalue weighted by molar-refractivity contribution is -0.140. The number of carbonyl (C=O) groups is 2. The van der Waals surface area contributed by atoms with Crippen LogP contribution in [0.1, 0.15) is 38.5 Å². The number of benzene rings is 1. The van der Waals surface area contributed by atoms with Crippen molar-refractivity contribution >= 4 is 17.5 Å². The smallest absolute Gasteiger partial charge is 0.249 e. The van der Waals surface area contributed by atoms with Crippen molar-refractivity contribution in [2.75, 3.05) is 18.5 Å². The second-order valence-electron chi connectivity index (χ2n) is 6.86. The van der Waals surface area contributed by atoms with E-state index in [4.69, 9.17) is 0 Å². The van der Waals surface area contributed by atoms with Gasteiger partial charge in [0.15, 0.2) is 0 Å². The third-order valence-electron chi connectivity index (χ3n) is 5.20. The third-order valence-corrected chi connectivity index (χ3v) is 5.20. The van der Waals surface area contributed by atoms with Crippen molar-refractivity contribution in [3.05, 3.63) is 30.1 Å². The first-order valence-corrected chi connectivity index (χ1v) is 8.45. The SMILES string of the molecule is CN(C(=O)CC1(O)CCCC1)C1CCN(c2ccccc2F)C1=O. The molecule has 1 atom stereocenters. The lowest BCUT2D eigenvalue weighted by Gasteiger charge is -2.28. The summed E-state index contributed by atoms with van der Waals surface area (Å²) in [5.74, 6) is -0.941. The normalized spacial score (nSPS) is 22.9. The monoisotopic (exact) mass is 334 g/mol. The molecule has 1 saturated heterocycles. The van der Waals surface area contributed by atoms with Gasteiger partial charge in [0.2, 0.25) is 11.8 Å². The summed E-state index contributed by atoms with van der Waals surface area (Å²) < 4.78 is 13.9. The molecule has 0 aromatic heterocycles. The third kappa shape index (κ3) is 3.15. The van der Waals surface area contributed by atoms with Crippen LogP contribution < -0.4 is 4.90 Å². The number of amides is 2. The maximum atomic E-state index is 13.9. The van der Waals surface area contributed by atoms with Crippen molar-refractivity contribution in [2.24, 2.45) is 0 Å². The average Bonchev–Trinajstić information content (AvgIpc) is 3.13. The van der Waals surface area contributed by atoms with E-state index in [2.05, 4.69) is 0 Å². The Kier molecular flexibility index (Phi) is 4.58. The summed E-state index contributed by atoms with van der Waals surface area (Å²) in [5.41, 5.74) is -0.682. The Morgan fingerprint density at radius 1 is 1.38 bits per heavy atom. The summed E-state index contributed by atoms with van der Waals surface area (Å²) >= 11 is 0. The summed E-state index contributed by atoms with van der Waals surface area (Å²) in [7, 11) is 1.59. The molecular formula is C18H23FN2O3. The van der Waals surface area contributed by atoms with Crippen LogP contribution in [0.2, 0.25) is 0 Å². The van der Waals surface area contributed by atoms with Crippen molar-refractivity contribution < 1.29 is 19.1 Å². The lowest BCUT2D eigenvalue weighted by atomic mass is 9.97. The Labute approximate surface area is 141 Å². The molecule has 1 aromatic carbocycles. The van der Waals surface area contributed by atoms with Gasteiger partial charge in [-0.1, -0.05) is 25.0 Å². The van der Waals surface area contributed by atoms with Gasteiger partial charge in [0.1, 0.15) is 11.9 Å². The quantitative estimate of drug-likeness (QED) is 0.917. The molecule has 1 N–H and O–H groups in total. The minimum absolute atomic E-state index is 0.0486. The largest absolute Gasteiger partial charge is 0.389 e. The van der Waals surface area contributed by atoms with Crippen molar-refractivity contribution in [2.45, 2.75) is 50.2 Å². The summed E-state index contributed by atoms with van der Waals surface area (Å²) in [6.07, 6.45) is 3.63. The zero-order valence-corrected chi connectivity index (χ0v) is 13.9. The molecule has 3 rings (SSSR count). The molecule has 0 radical (unpaired) electrons. The average molecular weight is 334 g/mol. The number of nitrogens with zero attached hydrogens (tertiary/aromatic N) is 2. The molecule has 0 spiro atoms. The van der Waals surface area contributed by atoms with Crippen molar-refractivity contribution in [3.8, 4) is 0 Å². The molecule has 1 aliphatic heterocycles. The van der Waals surface area contributed by atoms with Crippen LogP contribution in [-0.2, 0) is 9.59 Å². The minimum atomic E-state index is -0.932. The molecule has 2 fully saturated rings. The summed E-state index contributed by atoms with van der Waals surface area (Å²) in [5, 5.41) is 10.4. The minimum Gasteiger partial charge on any atom is -0.389 e. The fraction of sp³-hybridized carbons (Fsp3) is 0.556. The van der Waals surface area contributed by atoms with Gasteiger partial charge in [0.25, 0.3) is 0 Å². The van der Waals surface area contributed by atoms with E-state index >= 15 is 0 Å². The van der Waals surface area contributed by atoms with Crippen LogP contribution in [0.25, 0.3) is 0 Å².